The summed E-state index contributed by atoms with van der Waals surface area (Å²) >= 11 is 5.19. The number of furan rings is 1. The summed E-state index contributed by atoms with van der Waals surface area (Å²) in [6.45, 7) is 5.19. The third-order valence-electron chi connectivity index (χ3n) is 2.67. The fraction of sp³-hybridized carbons (Fsp3) is 0.385. The largest absolute Gasteiger partial charge is 0.453 e. The van der Waals surface area contributed by atoms with Crippen LogP contribution in [0.15, 0.2) is 33.4 Å². The van der Waals surface area contributed by atoms with E-state index in [0.717, 1.165) is 23.4 Å². The molecule has 0 bridgehead atoms. The smallest absolute Gasteiger partial charge is 0.169 e. The van der Waals surface area contributed by atoms with Crippen molar-refractivity contribution in [2.45, 2.75) is 32.9 Å². The molecule has 0 aliphatic heterocycles. The van der Waals surface area contributed by atoms with Gasteiger partial charge in [-0.2, -0.15) is 0 Å². The van der Waals surface area contributed by atoms with Crippen LogP contribution in [0.4, 0.5) is 0 Å². The maximum atomic E-state index is 5.52. The Morgan fingerprint density at radius 2 is 2.06 bits per heavy atom. The molecular weight excluding hydrogens is 298 g/mol. The molecule has 92 valence electrons. The van der Waals surface area contributed by atoms with Crippen molar-refractivity contribution >= 4 is 27.3 Å². The lowest BCUT2D eigenvalue weighted by Crippen LogP contribution is -2.16. The van der Waals surface area contributed by atoms with Crippen molar-refractivity contribution in [3.05, 3.63) is 44.4 Å². The zero-order chi connectivity index (χ0) is 12.3. The van der Waals surface area contributed by atoms with Gasteiger partial charge < -0.3 is 9.73 Å². The van der Waals surface area contributed by atoms with E-state index < -0.39 is 0 Å². The Kier molecular flexibility index (Phi) is 4.42. The maximum absolute atomic E-state index is 5.52. The number of nitrogens with one attached hydrogen (secondary N) is 1. The average molecular weight is 314 g/mol. The van der Waals surface area contributed by atoms with Crippen LogP contribution in [0, 0.1) is 0 Å². The van der Waals surface area contributed by atoms with E-state index in [1.807, 2.05) is 23.5 Å². The van der Waals surface area contributed by atoms with Crippen molar-refractivity contribution in [1.82, 2.24) is 5.32 Å². The normalized spacial score (nSPS) is 12.9. The molecule has 0 saturated heterocycles. The molecule has 0 aliphatic carbocycles. The molecule has 2 aromatic rings. The number of thiophene rings is 1. The van der Waals surface area contributed by atoms with Crippen molar-refractivity contribution in [2.24, 2.45) is 0 Å². The summed E-state index contributed by atoms with van der Waals surface area (Å²) in [5.74, 6) is 0.962. The molecular formula is C13H16BrNOS. The molecule has 2 aromatic heterocycles. The first kappa shape index (κ1) is 12.9. The second-order valence-corrected chi connectivity index (χ2v) is 6.00. The van der Waals surface area contributed by atoms with Gasteiger partial charge in [0.15, 0.2) is 4.67 Å². The van der Waals surface area contributed by atoms with E-state index in [4.69, 9.17) is 4.42 Å². The van der Waals surface area contributed by atoms with Gasteiger partial charge in [-0.3, -0.25) is 0 Å². The summed E-state index contributed by atoms with van der Waals surface area (Å²) in [6, 6.07) is 8.55. The highest BCUT2D eigenvalue weighted by molar-refractivity contribution is 9.10. The van der Waals surface area contributed by atoms with Gasteiger partial charge in [-0.05, 0) is 53.5 Å². The van der Waals surface area contributed by atoms with E-state index in [9.17, 15) is 0 Å². The van der Waals surface area contributed by atoms with Crippen LogP contribution in [-0.4, -0.2) is 0 Å². The number of rotatable bonds is 5. The predicted molar refractivity (Wildman–Crippen MR) is 75.4 cm³/mol. The van der Waals surface area contributed by atoms with Gasteiger partial charge in [0.25, 0.3) is 0 Å². The third kappa shape index (κ3) is 3.44. The number of halogens is 1. The molecule has 17 heavy (non-hydrogen) atoms. The van der Waals surface area contributed by atoms with Crippen molar-refractivity contribution in [3.8, 4) is 0 Å². The van der Waals surface area contributed by atoms with E-state index in [2.05, 4.69) is 47.2 Å². The Balaban J connectivity index is 1.89. The fourth-order valence-corrected chi connectivity index (χ4v) is 2.85. The molecule has 4 heteroatoms. The van der Waals surface area contributed by atoms with Crippen LogP contribution in [0.2, 0.25) is 0 Å². The van der Waals surface area contributed by atoms with Crippen molar-refractivity contribution in [2.75, 3.05) is 0 Å². The van der Waals surface area contributed by atoms with E-state index in [-0.39, 0.29) is 6.04 Å². The Bertz CT molecular complexity index is 477. The van der Waals surface area contributed by atoms with Gasteiger partial charge in [0, 0.05) is 16.3 Å². The van der Waals surface area contributed by atoms with Gasteiger partial charge in [-0.1, -0.05) is 6.92 Å². The van der Waals surface area contributed by atoms with Crippen LogP contribution < -0.4 is 5.32 Å². The van der Waals surface area contributed by atoms with Gasteiger partial charge >= 0.3 is 0 Å². The summed E-state index contributed by atoms with van der Waals surface area (Å²) in [5.41, 5.74) is 0. The van der Waals surface area contributed by atoms with Gasteiger partial charge in [0.2, 0.25) is 0 Å². The monoisotopic (exact) mass is 313 g/mol. The molecule has 0 aromatic carbocycles. The van der Waals surface area contributed by atoms with Crippen molar-refractivity contribution in [3.63, 3.8) is 0 Å². The van der Waals surface area contributed by atoms with Crippen molar-refractivity contribution in [1.29, 1.82) is 0 Å². The Morgan fingerprint density at radius 1 is 1.29 bits per heavy atom. The van der Waals surface area contributed by atoms with E-state index >= 15 is 0 Å². The SMILES string of the molecule is CCc1ccc(CNC(C)c2ccc(Br)o2)s1. The minimum Gasteiger partial charge on any atom is -0.453 e. The predicted octanol–water partition coefficient (Wildman–Crippen LogP) is 4.52. The maximum Gasteiger partial charge on any atom is 0.169 e. The topological polar surface area (TPSA) is 25.2 Å². The lowest BCUT2D eigenvalue weighted by molar-refractivity contribution is 0.419. The summed E-state index contributed by atoms with van der Waals surface area (Å²) in [6.07, 6.45) is 1.12. The quantitative estimate of drug-likeness (QED) is 0.878. The molecule has 0 radical (unpaired) electrons. The summed E-state index contributed by atoms with van der Waals surface area (Å²) in [7, 11) is 0. The highest BCUT2D eigenvalue weighted by Crippen LogP contribution is 2.22. The summed E-state index contributed by atoms with van der Waals surface area (Å²) < 4.78 is 6.30. The zero-order valence-corrected chi connectivity index (χ0v) is 12.4. The molecule has 2 rings (SSSR count). The molecule has 1 atom stereocenters. The highest BCUT2D eigenvalue weighted by atomic mass is 79.9. The van der Waals surface area contributed by atoms with E-state index in [1.54, 1.807) is 0 Å². The molecule has 0 aliphatic rings. The van der Waals surface area contributed by atoms with Crippen LogP contribution >= 0.6 is 27.3 Å². The van der Waals surface area contributed by atoms with E-state index in [1.165, 1.54) is 9.75 Å². The Morgan fingerprint density at radius 3 is 2.65 bits per heavy atom. The highest BCUT2D eigenvalue weighted by Gasteiger charge is 2.09. The molecule has 1 unspecified atom stereocenters. The lowest BCUT2D eigenvalue weighted by atomic mass is 10.2. The van der Waals surface area contributed by atoms with Crippen LogP contribution in [0.5, 0.6) is 0 Å². The molecule has 0 amide bonds. The minimum absolute atomic E-state index is 0.230. The van der Waals surface area contributed by atoms with Crippen LogP contribution in [0.3, 0.4) is 0 Å². The molecule has 1 N–H and O–H groups in total. The molecule has 0 spiro atoms. The third-order valence-corrected chi connectivity index (χ3v) is 4.32. The Labute approximate surface area is 114 Å². The van der Waals surface area contributed by atoms with Gasteiger partial charge in [0.1, 0.15) is 5.76 Å². The zero-order valence-electron chi connectivity index (χ0n) is 10.00. The fourth-order valence-electron chi connectivity index (χ4n) is 1.62. The van der Waals surface area contributed by atoms with Crippen LogP contribution in [0.25, 0.3) is 0 Å². The van der Waals surface area contributed by atoms with Crippen molar-refractivity contribution < 1.29 is 4.42 Å². The first-order valence-electron chi connectivity index (χ1n) is 5.75. The molecule has 0 saturated carbocycles. The molecule has 2 nitrogen and oxygen atoms in total. The number of aryl methyl sites for hydroxylation is 1. The van der Waals surface area contributed by atoms with Gasteiger partial charge in [0.05, 0.1) is 6.04 Å². The summed E-state index contributed by atoms with van der Waals surface area (Å²) in [5, 5.41) is 3.46. The summed E-state index contributed by atoms with van der Waals surface area (Å²) in [4.78, 5) is 2.81. The minimum atomic E-state index is 0.230. The first-order chi connectivity index (χ1) is 8.19. The molecule has 2 heterocycles. The van der Waals surface area contributed by atoms with Gasteiger partial charge in [-0.25, -0.2) is 0 Å². The number of hydrogen-bond acceptors (Lipinski definition) is 3. The lowest BCUT2D eigenvalue weighted by Gasteiger charge is -2.09. The second kappa shape index (κ2) is 5.85. The number of hydrogen-bond donors (Lipinski definition) is 1. The van der Waals surface area contributed by atoms with Gasteiger partial charge in [-0.15, -0.1) is 11.3 Å². The molecule has 0 fully saturated rings. The first-order valence-corrected chi connectivity index (χ1v) is 7.36. The standard InChI is InChI=1S/C13H16BrNOS/c1-3-10-4-5-11(17-10)8-15-9(2)12-6-7-13(14)16-12/h4-7,9,15H,3,8H2,1-2H3. The van der Waals surface area contributed by atoms with Crippen LogP contribution in [-0.2, 0) is 13.0 Å². The second-order valence-electron chi connectivity index (χ2n) is 3.97. The average Bonchev–Trinajstić information content (AvgIpc) is 2.94. The van der Waals surface area contributed by atoms with Crippen LogP contribution in [0.1, 0.15) is 35.4 Å². The Hall–Kier alpha value is -0.580. The van der Waals surface area contributed by atoms with E-state index in [0.29, 0.717) is 0 Å².